The van der Waals surface area contributed by atoms with Gasteiger partial charge in [0.1, 0.15) is 11.6 Å². The number of anilines is 1. The Morgan fingerprint density at radius 2 is 2.31 bits per heavy atom. The summed E-state index contributed by atoms with van der Waals surface area (Å²) >= 11 is 0. The Kier molecular flexibility index (Phi) is 2.03. The number of nitrogens with one attached hydrogen (secondary N) is 1. The van der Waals surface area contributed by atoms with E-state index in [2.05, 4.69) is 25.1 Å². The van der Waals surface area contributed by atoms with Crippen molar-refractivity contribution >= 4 is 16.9 Å². The van der Waals surface area contributed by atoms with Crippen LogP contribution in [0.2, 0.25) is 0 Å². The van der Waals surface area contributed by atoms with Gasteiger partial charge in [0.2, 0.25) is 0 Å². The summed E-state index contributed by atoms with van der Waals surface area (Å²) in [4.78, 5) is 10.9. The number of aliphatic hydroxyl groups is 1. The van der Waals surface area contributed by atoms with Crippen molar-refractivity contribution in [3.63, 3.8) is 0 Å². The van der Waals surface area contributed by atoms with Crippen molar-refractivity contribution in [3.8, 4) is 0 Å². The van der Waals surface area contributed by atoms with Crippen LogP contribution in [0.1, 0.15) is 5.82 Å². The van der Waals surface area contributed by atoms with E-state index in [4.69, 9.17) is 5.11 Å². The topological polar surface area (TPSA) is 77.9 Å². The van der Waals surface area contributed by atoms with Crippen molar-refractivity contribution in [2.75, 3.05) is 24.6 Å². The lowest BCUT2D eigenvalue weighted by Crippen LogP contribution is -2.49. The van der Waals surface area contributed by atoms with Crippen LogP contribution in [0.5, 0.6) is 0 Å². The highest BCUT2D eigenvalue weighted by molar-refractivity contribution is 5.86. The van der Waals surface area contributed by atoms with Gasteiger partial charge in [-0.2, -0.15) is 5.10 Å². The van der Waals surface area contributed by atoms with E-state index in [1.165, 1.54) is 0 Å². The molecule has 1 aliphatic rings. The summed E-state index contributed by atoms with van der Waals surface area (Å²) in [5.41, 5.74) is 0.773. The van der Waals surface area contributed by atoms with E-state index < -0.39 is 0 Å². The average molecular weight is 219 g/mol. The summed E-state index contributed by atoms with van der Waals surface area (Å²) in [7, 11) is 0. The minimum absolute atomic E-state index is 0.245. The fourth-order valence-corrected chi connectivity index (χ4v) is 2.03. The zero-order chi connectivity index (χ0) is 11.1. The maximum absolute atomic E-state index is 9.00. The zero-order valence-corrected chi connectivity index (χ0v) is 9.01. The molecule has 2 aromatic heterocycles. The van der Waals surface area contributed by atoms with Crippen molar-refractivity contribution in [1.82, 2.24) is 20.2 Å². The van der Waals surface area contributed by atoms with Crippen molar-refractivity contribution in [2.45, 2.75) is 6.92 Å². The summed E-state index contributed by atoms with van der Waals surface area (Å²) in [6.45, 7) is 3.82. The Labute approximate surface area is 92.3 Å². The van der Waals surface area contributed by atoms with Gasteiger partial charge in [-0.15, -0.1) is 0 Å². The highest BCUT2D eigenvalue weighted by Gasteiger charge is 2.28. The van der Waals surface area contributed by atoms with Gasteiger partial charge in [-0.05, 0) is 6.92 Å². The number of rotatable bonds is 2. The van der Waals surface area contributed by atoms with E-state index >= 15 is 0 Å². The smallest absolute Gasteiger partial charge is 0.161 e. The Bertz CT molecular complexity index is 517. The maximum atomic E-state index is 9.00. The Hall–Kier alpha value is -1.69. The highest BCUT2D eigenvalue weighted by Crippen LogP contribution is 2.28. The fourth-order valence-electron chi connectivity index (χ4n) is 2.03. The van der Waals surface area contributed by atoms with E-state index in [0.717, 1.165) is 35.8 Å². The number of aromatic amines is 1. The van der Waals surface area contributed by atoms with E-state index in [9.17, 15) is 0 Å². The first kappa shape index (κ1) is 9.53. The fraction of sp³-hybridized carbons (Fsp3) is 0.500. The van der Waals surface area contributed by atoms with Crippen LogP contribution in [0.15, 0.2) is 6.20 Å². The van der Waals surface area contributed by atoms with E-state index in [0.29, 0.717) is 5.92 Å². The molecule has 0 spiro atoms. The standard InChI is InChI=1S/C10H13N5O/c1-6-12-9-8(2-11-14-9)10(13-6)15-3-7(4-15)5-16/h2,7,16H,3-5H2,1H3,(H,11,12,13,14). The summed E-state index contributed by atoms with van der Waals surface area (Å²) in [6, 6.07) is 0. The van der Waals surface area contributed by atoms with Crippen LogP contribution in [0.4, 0.5) is 5.82 Å². The summed E-state index contributed by atoms with van der Waals surface area (Å²) < 4.78 is 0. The normalized spacial score (nSPS) is 16.8. The van der Waals surface area contributed by atoms with Gasteiger partial charge < -0.3 is 10.0 Å². The summed E-state index contributed by atoms with van der Waals surface area (Å²) in [6.07, 6.45) is 1.75. The molecule has 0 unspecified atom stereocenters. The molecule has 3 heterocycles. The lowest BCUT2D eigenvalue weighted by atomic mass is 10.0. The van der Waals surface area contributed by atoms with Crippen molar-refractivity contribution < 1.29 is 5.11 Å². The van der Waals surface area contributed by atoms with Crippen molar-refractivity contribution in [2.24, 2.45) is 5.92 Å². The molecule has 2 aromatic rings. The Morgan fingerprint density at radius 3 is 3.06 bits per heavy atom. The molecule has 0 atom stereocenters. The highest BCUT2D eigenvalue weighted by atomic mass is 16.3. The van der Waals surface area contributed by atoms with Crippen LogP contribution in [0, 0.1) is 12.8 Å². The van der Waals surface area contributed by atoms with Gasteiger partial charge >= 0.3 is 0 Å². The van der Waals surface area contributed by atoms with Gasteiger partial charge in [0.25, 0.3) is 0 Å². The molecule has 0 amide bonds. The molecule has 0 bridgehead atoms. The van der Waals surface area contributed by atoms with E-state index in [1.54, 1.807) is 6.20 Å². The lowest BCUT2D eigenvalue weighted by Gasteiger charge is -2.39. The molecule has 16 heavy (non-hydrogen) atoms. The predicted molar refractivity (Wildman–Crippen MR) is 59.2 cm³/mol. The molecule has 6 heteroatoms. The molecule has 0 aromatic carbocycles. The quantitative estimate of drug-likeness (QED) is 0.748. The van der Waals surface area contributed by atoms with Crippen LogP contribution in [0.3, 0.4) is 0 Å². The molecular weight excluding hydrogens is 206 g/mol. The van der Waals surface area contributed by atoms with Crippen LogP contribution in [-0.4, -0.2) is 45.0 Å². The monoisotopic (exact) mass is 219 g/mol. The number of aryl methyl sites for hydroxylation is 1. The first-order valence-corrected chi connectivity index (χ1v) is 5.31. The van der Waals surface area contributed by atoms with E-state index in [-0.39, 0.29) is 6.61 Å². The molecule has 0 saturated carbocycles. The molecule has 2 N–H and O–H groups in total. The van der Waals surface area contributed by atoms with Gasteiger partial charge in [-0.1, -0.05) is 0 Å². The van der Waals surface area contributed by atoms with Crippen LogP contribution in [-0.2, 0) is 0 Å². The Morgan fingerprint density at radius 1 is 1.50 bits per heavy atom. The second-order valence-corrected chi connectivity index (χ2v) is 4.18. The minimum atomic E-state index is 0.245. The molecule has 3 rings (SSSR count). The maximum Gasteiger partial charge on any atom is 0.161 e. The zero-order valence-electron chi connectivity index (χ0n) is 9.01. The SMILES string of the molecule is Cc1nc(N2CC(CO)C2)c2cn[nH]c2n1. The predicted octanol–water partition coefficient (Wildman–Crippen LogP) is 0.0898. The molecular formula is C10H13N5O. The molecule has 84 valence electrons. The van der Waals surface area contributed by atoms with Crippen LogP contribution in [0.25, 0.3) is 11.0 Å². The van der Waals surface area contributed by atoms with Crippen molar-refractivity contribution in [3.05, 3.63) is 12.0 Å². The van der Waals surface area contributed by atoms with Crippen LogP contribution < -0.4 is 4.90 Å². The van der Waals surface area contributed by atoms with E-state index in [1.807, 2.05) is 6.92 Å². The number of fused-ring (bicyclic) bond motifs is 1. The van der Waals surface area contributed by atoms with Gasteiger partial charge in [0.05, 0.1) is 11.6 Å². The summed E-state index contributed by atoms with van der Waals surface area (Å²) in [5.74, 6) is 2.03. The first-order valence-electron chi connectivity index (χ1n) is 5.31. The second kappa shape index (κ2) is 3.41. The molecule has 0 radical (unpaired) electrons. The van der Waals surface area contributed by atoms with Gasteiger partial charge in [0, 0.05) is 25.6 Å². The van der Waals surface area contributed by atoms with Crippen LogP contribution >= 0.6 is 0 Å². The third-order valence-electron chi connectivity index (χ3n) is 2.92. The molecule has 6 nitrogen and oxygen atoms in total. The number of nitrogens with zero attached hydrogens (tertiary/aromatic N) is 4. The number of hydrogen-bond acceptors (Lipinski definition) is 5. The Balaban J connectivity index is 2.00. The average Bonchev–Trinajstić information content (AvgIpc) is 2.63. The van der Waals surface area contributed by atoms with Gasteiger partial charge in [-0.25, -0.2) is 9.97 Å². The largest absolute Gasteiger partial charge is 0.396 e. The number of H-pyrrole nitrogens is 1. The molecule has 1 fully saturated rings. The third kappa shape index (κ3) is 1.34. The summed E-state index contributed by atoms with van der Waals surface area (Å²) in [5, 5.41) is 16.8. The minimum Gasteiger partial charge on any atom is -0.396 e. The second-order valence-electron chi connectivity index (χ2n) is 4.18. The number of aromatic nitrogens is 4. The molecule has 1 aliphatic heterocycles. The van der Waals surface area contributed by atoms with Gasteiger partial charge in [-0.3, -0.25) is 5.10 Å². The van der Waals surface area contributed by atoms with Gasteiger partial charge in [0.15, 0.2) is 5.65 Å². The number of aliphatic hydroxyl groups excluding tert-OH is 1. The third-order valence-corrected chi connectivity index (χ3v) is 2.92. The lowest BCUT2D eigenvalue weighted by molar-refractivity contribution is 0.200. The molecule has 1 saturated heterocycles. The number of hydrogen-bond donors (Lipinski definition) is 2. The van der Waals surface area contributed by atoms with Crippen molar-refractivity contribution in [1.29, 1.82) is 0 Å². The first-order chi connectivity index (χ1) is 7.78. The molecule has 0 aliphatic carbocycles.